The van der Waals surface area contributed by atoms with Crippen LogP contribution in [0, 0.1) is 0 Å². The molecule has 4 rings (SSSR count). The van der Waals surface area contributed by atoms with Gasteiger partial charge in [0.05, 0.1) is 18.3 Å². The number of benzene rings is 2. The number of piperazine rings is 1. The molecule has 0 unspecified atom stereocenters. The SMILES string of the molecule is CN1CCN(CC(=O)N2N=C(c3ccccc3)C[C@H]2c2ccc(Cl)cc2)CC1. The number of carbonyl (C=O) groups excluding carboxylic acids is 1. The van der Waals surface area contributed by atoms with Crippen molar-refractivity contribution in [3.63, 3.8) is 0 Å². The number of amides is 1. The monoisotopic (exact) mass is 396 g/mol. The Morgan fingerprint density at radius 2 is 1.71 bits per heavy atom. The van der Waals surface area contributed by atoms with E-state index in [-0.39, 0.29) is 11.9 Å². The van der Waals surface area contributed by atoms with Crippen LogP contribution in [0.3, 0.4) is 0 Å². The first-order chi connectivity index (χ1) is 13.6. The van der Waals surface area contributed by atoms with Crippen molar-refractivity contribution in [1.82, 2.24) is 14.8 Å². The Labute approximate surface area is 171 Å². The number of hydrazone groups is 1. The second-order valence-corrected chi connectivity index (χ2v) is 7.94. The molecule has 2 heterocycles. The largest absolute Gasteiger partial charge is 0.304 e. The van der Waals surface area contributed by atoms with E-state index in [4.69, 9.17) is 16.7 Å². The molecule has 0 aromatic heterocycles. The van der Waals surface area contributed by atoms with Crippen LogP contribution in [0.2, 0.25) is 5.02 Å². The predicted molar refractivity (Wildman–Crippen MR) is 113 cm³/mol. The quantitative estimate of drug-likeness (QED) is 0.796. The summed E-state index contributed by atoms with van der Waals surface area (Å²) in [7, 11) is 2.12. The van der Waals surface area contributed by atoms with Crippen molar-refractivity contribution in [3.05, 3.63) is 70.7 Å². The summed E-state index contributed by atoms with van der Waals surface area (Å²) in [4.78, 5) is 17.7. The molecule has 0 spiro atoms. The van der Waals surface area contributed by atoms with Gasteiger partial charge in [0.1, 0.15) is 0 Å². The summed E-state index contributed by atoms with van der Waals surface area (Å²) in [5.74, 6) is 0.0513. The van der Waals surface area contributed by atoms with Crippen molar-refractivity contribution < 1.29 is 4.79 Å². The number of hydrogen-bond acceptors (Lipinski definition) is 4. The molecule has 2 aliphatic rings. The zero-order valence-electron chi connectivity index (χ0n) is 16.1. The van der Waals surface area contributed by atoms with E-state index in [1.807, 2.05) is 54.6 Å². The van der Waals surface area contributed by atoms with Gasteiger partial charge in [-0.25, -0.2) is 5.01 Å². The summed E-state index contributed by atoms with van der Waals surface area (Å²) in [6.45, 7) is 4.22. The van der Waals surface area contributed by atoms with Gasteiger partial charge in [0.25, 0.3) is 5.91 Å². The molecule has 28 heavy (non-hydrogen) atoms. The van der Waals surface area contributed by atoms with Gasteiger partial charge in [-0.15, -0.1) is 0 Å². The molecule has 5 nitrogen and oxygen atoms in total. The molecule has 0 aliphatic carbocycles. The minimum atomic E-state index is -0.0903. The topological polar surface area (TPSA) is 39.1 Å². The van der Waals surface area contributed by atoms with E-state index in [1.54, 1.807) is 5.01 Å². The molecule has 1 amide bonds. The van der Waals surface area contributed by atoms with Crippen LogP contribution >= 0.6 is 11.6 Å². The lowest BCUT2D eigenvalue weighted by molar-refractivity contribution is -0.134. The van der Waals surface area contributed by atoms with Gasteiger partial charge in [0.15, 0.2) is 0 Å². The molecule has 0 saturated carbocycles. The van der Waals surface area contributed by atoms with Crippen molar-refractivity contribution in [2.75, 3.05) is 39.8 Å². The maximum absolute atomic E-state index is 13.2. The summed E-state index contributed by atoms with van der Waals surface area (Å²) in [6.07, 6.45) is 0.708. The lowest BCUT2D eigenvalue weighted by Gasteiger charge is -2.33. The Morgan fingerprint density at radius 1 is 1.04 bits per heavy atom. The van der Waals surface area contributed by atoms with Gasteiger partial charge in [-0.1, -0.05) is 54.1 Å². The Hall–Kier alpha value is -2.21. The fourth-order valence-corrected chi connectivity index (χ4v) is 3.89. The van der Waals surface area contributed by atoms with Gasteiger partial charge in [0.2, 0.25) is 0 Å². The maximum Gasteiger partial charge on any atom is 0.257 e. The van der Waals surface area contributed by atoms with E-state index in [0.29, 0.717) is 18.0 Å². The van der Waals surface area contributed by atoms with Crippen molar-refractivity contribution in [1.29, 1.82) is 0 Å². The predicted octanol–water partition coefficient (Wildman–Crippen LogP) is 3.27. The smallest absolute Gasteiger partial charge is 0.257 e. The molecule has 2 aromatic carbocycles. The summed E-state index contributed by atoms with van der Waals surface area (Å²) in [6, 6.07) is 17.7. The second-order valence-electron chi connectivity index (χ2n) is 7.50. The van der Waals surface area contributed by atoms with Gasteiger partial charge in [-0.05, 0) is 30.3 Å². The Morgan fingerprint density at radius 3 is 2.39 bits per heavy atom. The molecule has 1 atom stereocenters. The van der Waals surface area contributed by atoms with Crippen LogP contribution in [0.5, 0.6) is 0 Å². The fourth-order valence-electron chi connectivity index (χ4n) is 3.76. The van der Waals surface area contributed by atoms with E-state index in [0.717, 1.165) is 43.0 Å². The van der Waals surface area contributed by atoms with Gasteiger partial charge in [-0.2, -0.15) is 5.10 Å². The molecule has 6 heteroatoms. The average Bonchev–Trinajstić information content (AvgIpc) is 3.17. The third kappa shape index (κ3) is 4.27. The van der Waals surface area contributed by atoms with E-state index in [2.05, 4.69) is 16.8 Å². The number of carbonyl (C=O) groups is 1. The number of nitrogens with zero attached hydrogens (tertiary/aromatic N) is 4. The molecule has 2 aliphatic heterocycles. The van der Waals surface area contributed by atoms with Crippen molar-refractivity contribution in [2.45, 2.75) is 12.5 Å². The highest BCUT2D eigenvalue weighted by Gasteiger charge is 2.33. The molecular weight excluding hydrogens is 372 g/mol. The van der Waals surface area contributed by atoms with E-state index >= 15 is 0 Å². The molecular formula is C22H25ClN4O. The lowest BCUT2D eigenvalue weighted by Crippen LogP contribution is -2.48. The van der Waals surface area contributed by atoms with Crippen LogP contribution in [-0.4, -0.2) is 66.2 Å². The highest BCUT2D eigenvalue weighted by atomic mass is 35.5. The maximum atomic E-state index is 13.2. The molecule has 0 radical (unpaired) electrons. The fraction of sp³-hybridized carbons (Fsp3) is 0.364. The summed E-state index contributed by atoms with van der Waals surface area (Å²) in [5.41, 5.74) is 3.08. The highest BCUT2D eigenvalue weighted by molar-refractivity contribution is 6.30. The van der Waals surface area contributed by atoms with Gasteiger partial charge < -0.3 is 4.90 Å². The van der Waals surface area contributed by atoms with Crippen LogP contribution in [0.4, 0.5) is 0 Å². The van der Waals surface area contributed by atoms with Crippen LogP contribution < -0.4 is 0 Å². The molecule has 2 aromatic rings. The van der Waals surface area contributed by atoms with Gasteiger partial charge in [0, 0.05) is 37.6 Å². The number of hydrogen-bond donors (Lipinski definition) is 0. The Bertz CT molecular complexity index is 845. The number of likely N-dealkylation sites (N-methyl/N-ethyl adjacent to an activating group) is 1. The Kier molecular flexibility index (Phi) is 5.76. The normalized spacial score (nSPS) is 21.0. The standard InChI is InChI=1S/C22H25ClN4O/c1-25-11-13-26(14-12-25)16-22(28)27-21(18-7-9-19(23)10-8-18)15-20(24-27)17-5-3-2-4-6-17/h2-10,21H,11-16H2,1H3/t21-/m0/s1. The summed E-state index contributed by atoms with van der Waals surface area (Å²) >= 11 is 6.06. The third-order valence-electron chi connectivity index (χ3n) is 5.48. The van der Waals surface area contributed by atoms with Crippen molar-refractivity contribution >= 4 is 23.2 Å². The minimum Gasteiger partial charge on any atom is -0.304 e. The van der Waals surface area contributed by atoms with Gasteiger partial charge in [-0.3, -0.25) is 9.69 Å². The lowest BCUT2D eigenvalue weighted by atomic mass is 9.98. The van der Waals surface area contributed by atoms with Gasteiger partial charge >= 0.3 is 0 Å². The zero-order valence-corrected chi connectivity index (χ0v) is 16.8. The van der Waals surface area contributed by atoms with E-state index in [9.17, 15) is 4.79 Å². The minimum absolute atomic E-state index is 0.0513. The summed E-state index contributed by atoms with van der Waals surface area (Å²) < 4.78 is 0. The molecule has 146 valence electrons. The van der Waals surface area contributed by atoms with Crippen LogP contribution in [0.15, 0.2) is 59.7 Å². The highest BCUT2D eigenvalue weighted by Crippen LogP contribution is 2.33. The molecule has 0 bridgehead atoms. The number of halogens is 1. The van der Waals surface area contributed by atoms with Crippen molar-refractivity contribution in [2.24, 2.45) is 5.10 Å². The second kappa shape index (κ2) is 8.43. The van der Waals surface area contributed by atoms with Crippen LogP contribution in [0.25, 0.3) is 0 Å². The van der Waals surface area contributed by atoms with Crippen molar-refractivity contribution in [3.8, 4) is 0 Å². The number of rotatable bonds is 4. The first-order valence-electron chi connectivity index (χ1n) is 9.71. The van der Waals surface area contributed by atoms with E-state index in [1.165, 1.54) is 0 Å². The Balaban J connectivity index is 1.56. The molecule has 0 N–H and O–H groups in total. The third-order valence-corrected chi connectivity index (χ3v) is 5.73. The molecule has 1 saturated heterocycles. The first-order valence-corrected chi connectivity index (χ1v) is 10.1. The zero-order chi connectivity index (χ0) is 19.5. The summed E-state index contributed by atoms with van der Waals surface area (Å²) in [5, 5.41) is 7.13. The van der Waals surface area contributed by atoms with Crippen LogP contribution in [-0.2, 0) is 4.79 Å². The molecule has 1 fully saturated rings. The van der Waals surface area contributed by atoms with Crippen LogP contribution in [0.1, 0.15) is 23.6 Å². The average molecular weight is 397 g/mol. The van der Waals surface area contributed by atoms with E-state index < -0.39 is 0 Å². The first kappa shape index (κ1) is 19.1.